The normalized spacial score (nSPS) is 17.8. The van der Waals surface area contributed by atoms with E-state index in [4.69, 9.17) is 0 Å². The van der Waals surface area contributed by atoms with Gasteiger partial charge >= 0.3 is 0 Å². The Morgan fingerprint density at radius 3 is 3.00 bits per heavy atom. The molecule has 3 aromatic heterocycles. The van der Waals surface area contributed by atoms with Crippen LogP contribution in [0.3, 0.4) is 0 Å². The van der Waals surface area contributed by atoms with Crippen LogP contribution in [0.15, 0.2) is 41.6 Å². The van der Waals surface area contributed by atoms with Crippen LogP contribution in [-0.2, 0) is 0 Å². The van der Waals surface area contributed by atoms with E-state index in [2.05, 4.69) is 15.0 Å². The molecule has 4 heterocycles. The number of pyridine rings is 1. The van der Waals surface area contributed by atoms with Crippen molar-refractivity contribution in [3.05, 3.63) is 64.1 Å². The molecule has 1 N–H and O–H groups in total. The van der Waals surface area contributed by atoms with Gasteiger partial charge in [0, 0.05) is 42.6 Å². The SMILES string of the molecule is Cc1ncccc1C(=O)N1CCCC[C@@H]1c1cc(=O)n2ccnc2[nH]1. The van der Waals surface area contributed by atoms with Crippen LogP contribution in [-0.4, -0.2) is 36.7 Å². The molecule has 0 saturated carbocycles. The third-order valence-corrected chi connectivity index (χ3v) is 4.77. The minimum absolute atomic E-state index is 0.0423. The Morgan fingerprint density at radius 1 is 1.28 bits per heavy atom. The molecule has 0 bridgehead atoms. The first-order valence-corrected chi connectivity index (χ1v) is 8.44. The van der Waals surface area contributed by atoms with Crippen molar-refractivity contribution in [3.63, 3.8) is 0 Å². The zero-order chi connectivity index (χ0) is 17.4. The lowest BCUT2D eigenvalue weighted by Crippen LogP contribution is -2.39. The van der Waals surface area contributed by atoms with Crippen molar-refractivity contribution >= 4 is 11.7 Å². The summed E-state index contributed by atoms with van der Waals surface area (Å²) in [4.78, 5) is 38.8. The fourth-order valence-corrected chi connectivity index (χ4v) is 3.48. The molecule has 1 aliphatic heterocycles. The van der Waals surface area contributed by atoms with Crippen molar-refractivity contribution < 1.29 is 4.79 Å². The van der Waals surface area contributed by atoms with Gasteiger partial charge in [-0.05, 0) is 38.3 Å². The van der Waals surface area contributed by atoms with Gasteiger partial charge in [0.1, 0.15) is 0 Å². The van der Waals surface area contributed by atoms with Crippen LogP contribution >= 0.6 is 0 Å². The molecule has 4 rings (SSSR count). The summed E-state index contributed by atoms with van der Waals surface area (Å²) in [7, 11) is 0. The van der Waals surface area contributed by atoms with E-state index < -0.39 is 0 Å². The number of hydrogen-bond donors (Lipinski definition) is 1. The highest BCUT2D eigenvalue weighted by Gasteiger charge is 2.30. The number of piperidine rings is 1. The third kappa shape index (κ3) is 2.71. The molecular formula is C18H19N5O2. The lowest BCUT2D eigenvalue weighted by molar-refractivity contribution is 0.0604. The number of H-pyrrole nitrogens is 1. The lowest BCUT2D eigenvalue weighted by atomic mass is 9.97. The summed E-state index contributed by atoms with van der Waals surface area (Å²) in [5.41, 5.74) is 1.92. The summed E-state index contributed by atoms with van der Waals surface area (Å²) < 4.78 is 1.46. The molecule has 7 nitrogen and oxygen atoms in total. The Kier molecular flexibility index (Phi) is 3.83. The van der Waals surface area contributed by atoms with Crippen LogP contribution in [0.4, 0.5) is 0 Å². The Bertz CT molecular complexity index is 990. The number of carbonyl (C=O) groups is 1. The van der Waals surface area contributed by atoms with Crippen LogP contribution in [0, 0.1) is 6.92 Å². The van der Waals surface area contributed by atoms with Crippen LogP contribution in [0.5, 0.6) is 0 Å². The van der Waals surface area contributed by atoms with E-state index in [0.29, 0.717) is 23.6 Å². The highest BCUT2D eigenvalue weighted by Crippen LogP contribution is 2.31. The van der Waals surface area contributed by atoms with Crippen molar-refractivity contribution in [1.82, 2.24) is 24.3 Å². The highest BCUT2D eigenvalue weighted by atomic mass is 16.2. The Hall–Kier alpha value is -2.96. The van der Waals surface area contributed by atoms with Gasteiger partial charge in [-0.15, -0.1) is 0 Å². The van der Waals surface area contributed by atoms with Gasteiger partial charge in [0.2, 0.25) is 5.78 Å². The monoisotopic (exact) mass is 337 g/mol. The van der Waals surface area contributed by atoms with E-state index in [1.165, 1.54) is 4.40 Å². The van der Waals surface area contributed by atoms with E-state index in [0.717, 1.165) is 25.0 Å². The van der Waals surface area contributed by atoms with Crippen LogP contribution in [0.1, 0.15) is 47.1 Å². The van der Waals surface area contributed by atoms with Crippen LogP contribution in [0.2, 0.25) is 0 Å². The average molecular weight is 337 g/mol. The molecule has 1 amide bonds. The van der Waals surface area contributed by atoms with Gasteiger partial charge in [-0.3, -0.25) is 19.0 Å². The molecule has 1 saturated heterocycles. The van der Waals surface area contributed by atoms with Gasteiger partial charge in [-0.1, -0.05) is 0 Å². The fraction of sp³-hybridized carbons (Fsp3) is 0.333. The van der Waals surface area contributed by atoms with Gasteiger partial charge in [-0.25, -0.2) is 4.98 Å². The number of nitrogens with zero attached hydrogens (tertiary/aromatic N) is 4. The number of carbonyl (C=O) groups excluding carboxylic acids is 1. The first-order chi connectivity index (χ1) is 12.1. The first kappa shape index (κ1) is 15.6. The maximum Gasteiger partial charge on any atom is 0.259 e. The van der Waals surface area contributed by atoms with Gasteiger partial charge < -0.3 is 9.88 Å². The van der Waals surface area contributed by atoms with Crippen LogP contribution in [0.25, 0.3) is 5.78 Å². The van der Waals surface area contributed by atoms with Crippen molar-refractivity contribution in [2.45, 2.75) is 32.2 Å². The van der Waals surface area contributed by atoms with E-state index in [1.807, 2.05) is 11.8 Å². The number of aromatic amines is 1. The summed E-state index contributed by atoms with van der Waals surface area (Å²) in [6.45, 7) is 2.50. The lowest BCUT2D eigenvalue weighted by Gasteiger charge is -2.36. The maximum atomic E-state index is 13.1. The summed E-state index contributed by atoms with van der Waals surface area (Å²) in [6, 6.07) is 4.99. The molecule has 0 aliphatic carbocycles. The number of amides is 1. The molecule has 1 aliphatic rings. The van der Waals surface area contributed by atoms with E-state index in [9.17, 15) is 9.59 Å². The molecule has 1 fully saturated rings. The molecule has 25 heavy (non-hydrogen) atoms. The number of aryl methyl sites for hydroxylation is 1. The first-order valence-electron chi connectivity index (χ1n) is 8.44. The predicted octanol–water partition coefficient (Wildman–Crippen LogP) is 2.09. The quantitative estimate of drug-likeness (QED) is 0.776. The Balaban J connectivity index is 1.74. The molecule has 0 unspecified atom stereocenters. The largest absolute Gasteiger partial charge is 0.330 e. The number of nitrogens with one attached hydrogen (secondary N) is 1. The second kappa shape index (κ2) is 6.16. The topological polar surface area (TPSA) is 83.4 Å². The minimum atomic E-state index is -0.157. The molecule has 0 spiro atoms. The zero-order valence-corrected chi connectivity index (χ0v) is 14.0. The van der Waals surface area contributed by atoms with Crippen molar-refractivity contribution in [2.75, 3.05) is 6.54 Å². The van der Waals surface area contributed by atoms with E-state index in [1.54, 1.807) is 36.8 Å². The maximum absolute atomic E-state index is 13.1. The third-order valence-electron chi connectivity index (χ3n) is 4.77. The van der Waals surface area contributed by atoms with Crippen LogP contribution < -0.4 is 5.56 Å². The zero-order valence-electron chi connectivity index (χ0n) is 14.0. The van der Waals surface area contributed by atoms with Gasteiger partial charge in [-0.2, -0.15) is 0 Å². The van der Waals surface area contributed by atoms with Gasteiger partial charge in [0.25, 0.3) is 11.5 Å². The smallest absolute Gasteiger partial charge is 0.259 e. The molecule has 3 aromatic rings. The number of fused-ring (bicyclic) bond motifs is 1. The van der Waals surface area contributed by atoms with Crippen molar-refractivity contribution in [2.24, 2.45) is 0 Å². The minimum Gasteiger partial charge on any atom is -0.330 e. The van der Waals surface area contributed by atoms with E-state index in [-0.39, 0.29) is 17.5 Å². The number of imidazole rings is 1. The second-order valence-electron chi connectivity index (χ2n) is 6.33. The predicted molar refractivity (Wildman–Crippen MR) is 92.4 cm³/mol. The molecule has 7 heteroatoms. The number of likely N-dealkylation sites (tertiary alicyclic amines) is 1. The molecule has 0 aromatic carbocycles. The molecule has 1 atom stereocenters. The number of hydrogen-bond acceptors (Lipinski definition) is 4. The average Bonchev–Trinajstić information content (AvgIpc) is 3.11. The van der Waals surface area contributed by atoms with Gasteiger partial charge in [0.05, 0.1) is 11.6 Å². The Morgan fingerprint density at radius 2 is 2.16 bits per heavy atom. The van der Waals surface area contributed by atoms with Gasteiger partial charge in [0.15, 0.2) is 0 Å². The second-order valence-corrected chi connectivity index (χ2v) is 6.33. The number of aromatic nitrogens is 4. The fourth-order valence-electron chi connectivity index (χ4n) is 3.48. The summed E-state index contributed by atoms with van der Waals surface area (Å²) in [5.74, 6) is 0.456. The van der Waals surface area contributed by atoms with Crippen molar-refractivity contribution in [3.8, 4) is 0 Å². The summed E-state index contributed by atoms with van der Waals surface area (Å²) in [6.07, 6.45) is 7.68. The summed E-state index contributed by atoms with van der Waals surface area (Å²) in [5, 5.41) is 0. The molecular weight excluding hydrogens is 318 g/mol. The molecule has 0 radical (unpaired) electrons. The van der Waals surface area contributed by atoms with E-state index >= 15 is 0 Å². The number of rotatable bonds is 2. The Labute approximate surface area is 144 Å². The molecule has 128 valence electrons. The summed E-state index contributed by atoms with van der Waals surface area (Å²) >= 11 is 0. The standard InChI is InChI=1S/C18H19N5O2/c1-12-13(5-4-7-19-12)17(25)22-9-3-2-6-15(22)14-11-16(24)23-10-8-20-18(23)21-14/h4-5,7-8,10-11,15H,2-3,6,9H2,1H3,(H,20,21)/t15-/m1/s1. The van der Waals surface area contributed by atoms with Crippen molar-refractivity contribution in [1.29, 1.82) is 0 Å². The highest BCUT2D eigenvalue weighted by molar-refractivity contribution is 5.95.